The number of nitro groups is 1. The van der Waals surface area contributed by atoms with E-state index in [1.165, 1.54) is 6.07 Å². The van der Waals surface area contributed by atoms with Gasteiger partial charge in [0.25, 0.3) is 5.69 Å². The van der Waals surface area contributed by atoms with Gasteiger partial charge in [0, 0.05) is 10.9 Å². The van der Waals surface area contributed by atoms with E-state index >= 15 is 0 Å². The number of rotatable bonds is 4. The molecule has 1 aromatic carbocycles. The van der Waals surface area contributed by atoms with Gasteiger partial charge in [-0.1, -0.05) is 12.1 Å². The molecular formula is C12H11N3O2S. The van der Waals surface area contributed by atoms with E-state index in [1.54, 1.807) is 35.8 Å². The predicted molar refractivity (Wildman–Crippen MR) is 73.4 cm³/mol. The van der Waals surface area contributed by atoms with E-state index in [9.17, 15) is 10.1 Å². The van der Waals surface area contributed by atoms with Gasteiger partial charge in [-0.25, -0.2) is 0 Å². The summed E-state index contributed by atoms with van der Waals surface area (Å²) < 4.78 is 0. The van der Waals surface area contributed by atoms with Crippen LogP contribution in [-0.2, 0) is 0 Å². The molecule has 5 nitrogen and oxygen atoms in total. The number of anilines is 1. The molecule has 0 fully saturated rings. The highest BCUT2D eigenvalue weighted by Crippen LogP contribution is 2.23. The number of hydrogen-bond donors (Lipinski definition) is 1. The van der Waals surface area contributed by atoms with Crippen LogP contribution in [0.25, 0.3) is 0 Å². The molecule has 2 aromatic rings. The van der Waals surface area contributed by atoms with Crippen molar-refractivity contribution < 1.29 is 4.92 Å². The number of thiophene rings is 1. The molecule has 6 heteroatoms. The molecule has 0 aliphatic heterocycles. The standard InChI is InChI=1S/C12H11N3O2S/c1-9-6-7-18-12(9)8-13-14-10-4-2-3-5-11(10)15(16)17/h2-8,14H,1H3/b13-8+. The molecule has 0 amide bonds. The molecule has 1 aromatic heterocycles. The summed E-state index contributed by atoms with van der Waals surface area (Å²) in [6.07, 6.45) is 1.66. The van der Waals surface area contributed by atoms with Crippen molar-refractivity contribution in [2.45, 2.75) is 6.92 Å². The van der Waals surface area contributed by atoms with Crippen LogP contribution in [0.15, 0.2) is 40.8 Å². The Hall–Kier alpha value is -2.21. The van der Waals surface area contributed by atoms with Gasteiger partial charge in [0.2, 0.25) is 0 Å². The normalized spacial score (nSPS) is 10.7. The SMILES string of the molecule is Cc1ccsc1/C=N/Nc1ccccc1[N+](=O)[O-]. The second-order valence-corrected chi connectivity index (χ2v) is 4.56. The van der Waals surface area contributed by atoms with Crippen LogP contribution in [0.2, 0.25) is 0 Å². The highest BCUT2D eigenvalue weighted by molar-refractivity contribution is 7.11. The van der Waals surface area contributed by atoms with Gasteiger partial charge < -0.3 is 0 Å². The van der Waals surface area contributed by atoms with E-state index < -0.39 is 4.92 Å². The predicted octanol–water partition coefficient (Wildman–Crippen LogP) is 3.41. The molecule has 18 heavy (non-hydrogen) atoms. The van der Waals surface area contributed by atoms with Gasteiger partial charge in [0.05, 0.1) is 11.1 Å². The number of para-hydroxylation sites is 2. The minimum Gasteiger partial charge on any atom is -0.272 e. The number of hydrazone groups is 1. The van der Waals surface area contributed by atoms with Crippen molar-refractivity contribution in [3.8, 4) is 0 Å². The Morgan fingerprint density at radius 1 is 1.39 bits per heavy atom. The van der Waals surface area contributed by atoms with Crippen LogP contribution in [0.5, 0.6) is 0 Å². The van der Waals surface area contributed by atoms with Gasteiger partial charge in [-0.15, -0.1) is 11.3 Å². The lowest BCUT2D eigenvalue weighted by Gasteiger charge is -2.00. The molecule has 1 N–H and O–H groups in total. The van der Waals surface area contributed by atoms with Crippen molar-refractivity contribution in [3.05, 3.63) is 56.3 Å². The Balaban J connectivity index is 2.14. The Kier molecular flexibility index (Phi) is 3.69. The smallest absolute Gasteiger partial charge is 0.272 e. The van der Waals surface area contributed by atoms with Crippen molar-refractivity contribution in [3.63, 3.8) is 0 Å². The zero-order valence-corrected chi connectivity index (χ0v) is 10.5. The fourth-order valence-corrected chi connectivity index (χ4v) is 2.19. The molecule has 0 atom stereocenters. The Labute approximate surface area is 108 Å². The van der Waals surface area contributed by atoms with Crippen molar-refractivity contribution >= 4 is 28.9 Å². The molecule has 0 aliphatic carbocycles. The quantitative estimate of drug-likeness (QED) is 0.521. The minimum absolute atomic E-state index is 0.0116. The molecular weight excluding hydrogens is 250 g/mol. The van der Waals surface area contributed by atoms with E-state index in [0.717, 1.165) is 10.4 Å². The molecule has 0 saturated heterocycles. The van der Waals surface area contributed by atoms with E-state index in [0.29, 0.717) is 5.69 Å². The maximum absolute atomic E-state index is 10.8. The molecule has 0 unspecified atom stereocenters. The van der Waals surface area contributed by atoms with Gasteiger partial charge in [0.1, 0.15) is 5.69 Å². The maximum atomic E-state index is 10.8. The van der Waals surface area contributed by atoms with Crippen molar-refractivity contribution in [2.24, 2.45) is 5.10 Å². The second-order valence-electron chi connectivity index (χ2n) is 3.61. The van der Waals surface area contributed by atoms with Crippen molar-refractivity contribution in [2.75, 3.05) is 5.43 Å². The average Bonchev–Trinajstić information content (AvgIpc) is 2.76. The molecule has 92 valence electrons. The number of nitro benzene ring substituents is 1. The van der Waals surface area contributed by atoms with Gasteiger partial charge in [0.15, 0.2) is 0 Å². The number of hydrogen-bond acceptors (Lipinski definition) is 5. The summed E-state index contributed by atoms with van der Waals surface area (Å²) in [5.41, 5.74) is 4.22. The first-order valence-electron chi connectivity index (χ1n) is 5.25. The van der Waals surface area contributed by atoms with Gasteiger partial charge in [-0.3, -0.25) is 15.5 Å². The third-order valence-electron chi connectivity index (χ3n) is 2.37. The maximum Gasteiger partial charge on any atom is 0.294 e. The summed E-state index contributed by atoms with van der Waals surface area (Å²) in [6.45, 7) is 1.99. The molecule has 0 radical (unpaired) electrons. The summed E-state index contributed by atoms with van der Waals surface area (Å²) in [4.78, 5) is 11.4. The second kappa shape index (κ2) is 5.42. The fourth-order valence-electron chi connectivity index (χ4n) is 1.40. The van der Waals surface area contributed by atoms with Crippen LogP contribution in [0.4, 0.5) is 11.4 Å². The first kappa shape index (κ1) is 12.3. The first-order chi connectivity index (χ1) is 8.68. The summed E-state index contributed by atoms with van der Waals surface area (Å²) in [5, 5.41) is 16.8. The van der Waals surface area contributed by atoms with E-state index in [4.69, 9.17) is 0 Å². The molecule has 0 saturated carbocycles. The Morgan fingerprint density at radius 3 is 2.83 bits per heavy atom. The van der Waals surface area contributed by atoms with Crippen LogP contribution >= 0.6 is 11.3 Å². The Morgan fingerprint density at radius 2 is 2.17 bits per heavy atom. The largest absolute Gasteiger partial charge is 0.294 e. The lowest BCUT2D eigenvalue weighted by molar-refractivity contribution is -0.384. The molecule has 2 rings (SSSR count). The van der Waals surface area contributed by atoms with Crippen molar-refractivity contribution in [1.29, 1.82) is 0 Å². The Bertz CT molecular complexity index is 593. The summed E-state index contributed by atoms with van der Waals surface area (Å²) in [6, 6.07) is 8.40. The number of aryl methyl sites for hydroxylation is 1. The van der Waals surface area contributed by atoms with Crippen LogP contribution < -0.4 is 5.43 Å². The fraction of sp³-hybridized carbons (Fsp3) is 0.0833. The van der Waals surface area contributed by atoms with Crippen LogP contribution in [0, 0.1) is 17.0 Å². The van der Waals surface area contributed by atoms with Crippen LogP contribution in [0.1, 0.15) is 10.4 Å². The van der Waals surface area contributed by atoms with Gasteiger partial charge in [-0.05, 0) is 30.0 Å². The third kappa shape index (κ3) is 2.72. The molecule has 0 aliphatic rings. The highest BCUT2D eigenvalue weighted by Gasteiger charge is 2.10. The zero-order chi connectivity index (χ0) is 13.0. The van der Waals surface area contributed by atoms with Gasteiger partial charge in [-0.2, -0.15) is 5.10 Å². The van der Waals surface area contributed by atoms with Crippen molar-refractivity contribution in [1.82, 2.24) is 0 Å². The van der Waals surface area contributed by atoms with Crippen LogP contribution in [-0.4, -0.2) is 11.1 Å². The monoisotopic (exact) mass is 261 g/mol. The minimum atomic E-state index is -0.436. The number of nitrogens with zero attached hydrogens (tertiary/aromatic N) is 2. The number of nitrogens with one attached hydrogen (secondary N) is 1. The topological polar surface area (TPSA) is 67.5 Å². The lowest BCUT2D eigenvalue weighted by atomic mass is 10.3. The summed E-state index contributed by atoms with van der Waals surface area (Å²) >= 11 is 1.57. The summed E-state index contributed by atoms with van der Waals surface area (Å²) in [5.74, 6) is 0. The van der Waals surface area contributed by atoms with Gasteiger partial charge >= 0.3 is 0 Å². The van der Waals surface area contributed by atoms with E-state index in [1.807, 2.05) is 18.4 Å². The summed E-state index contributed by atoms with van der Waals surface area (Å²) in [7, 11) is 0. The highest BCUT2D eigenvalue weighted by atomic mass is 32.1. The van der Waals surface area contributed by atoms with E-state index in [-0.39, 0.29) is 5.69 Å². The lowest BCUT2D eigenvalue weighted by Crippen LogP contribution is -1.96. The van der Waals surface area contributed by atoms with E-state index in [2.05, 4.69) is 10.5 Å². The molecule has 0 bridgehead atoms. The first-order valence-corrected chi connectivity index (χ1v) is 6.13. The van der Waals surface area contributed by atoms with Crippen LogP contribution in [0.3, 0.4) is 0 Å². The average molecular weight is 261 g/mol. The number of benzene rings is 1. The molecule has 0 spiro atoms. The third-order valence-corrected chi connectivity index (χ3v) is 3.32. The molecule has 1 heterocycles. The zero-order valence-electron chi connectivity index (χ0n) is 9.66.